The number of benzene rings is 1. The van der Waals surface area contributed by atoms with Crippen molar-refractivity contribution in [3.63, 3.8) is 0 Å². The van der Waals surface area contributed by atoms with E-state index >= 15 is 0 Å². The van der Waals surface area contributed by atoms with E-state index < -0.39 is 0 Å². The van der Waals surface area contributed by atoms with Crippen LogP contribution in [-0.2, 0) is 4.74 Å². The Labute approximate surface area is 119 Å². The average Bonchev–Trinajstić information content (AvgIpc) is 2.48. The summed E-state index contributed by atoms with van der Waals surface area (Å²) >= 11 is 0. The van der Waals surface area contributed by atoms with Gasteiger partial charge in [0, 0.05) is 24.6 Å². The number of rotatable bonds is 6. The molecule has 1 heterocycles. The van der Waals surface area contributed by atoms with Crippen LogP contribution >= 0.6 is 0 Å². The molecule has 2 aromatic rings. The highest BCUT2D eigenvalue weighted by Crippen LogP contribution is 2.27. The standard InChI is InChI=1S/C16H20N2O2/c1-12-7-8-13(11-18-12)16(17)14-5-3-4-6-15(14)20-10-9-19-2/h3-8,11,16H,9-10,17H2,1-2H3. The first-order valence-corrected chi connectivity index (χ1v) is 6.61. The van der Waals surface area contributed by atoms with Gasteiger partial charge in [-0.25, -0.2) is 0 Å². The number of hydrogen-bond donors (Lipinski definition) is 1. The summed E-state index contributed by atoms with van der Waals surface area (Å²) in [5.41, 5.74) is 9.22. The van der Waals surface area contributed by atoms with Crippen LogP contribution in [0.15, 0.2) is 42.6 Å². The first-order chi connectivity index (χ1) is 9.72. The number of para-hydroxylation sites is 1. The molecule has 1 atom stereocenters. The van der Waals surface area contributed by atoms with Crippen LogP contribution in [-0.4, -0.2) is 25.3 Å². The smallest absolute Gasteiger partial charge is 0.124 e. The number of nitrogens with two attached hydrogens (primary N) is 1. The summed E-state index contributed by atoms with van der Waals surface area (Å²) in [4.78, 5) is 4.29. The second-order valence-electron chi connectivity index (χ2n) is 4.59. The molecule has 1 aromatic carbocycles. The number of methoxy groups -OCH3 is 1. The van der Waals surface area contributed by atoms with Crippen molar-refractivity contribution < 1.29 is 9.47 Å². The van der Waals surface area contributed by atoms with Crippen molar-refractivity contribution in [3.8, 4) is 5.75 Å². The maximum Gasteiger partial charge on any atom is 0.124 e. The normalized spacial score (nSPS) is 12.2. The van der Waals surface area contributed by atoms with Crippen LogP contribution in [0.4, 0.5) is 0 Å². The summed E-state index contributed by atoms with van der Waals surface area (Å²) in [6.45, 7) is 3.01. The molecular weight excluding hydrogens is 252 g/mol. The van der Waals surface area contributed by atoms with E-state index in [9.17, 15) is 0 Å². The van der Waals surface area contributed by atoms with Crippen molar-refractivity contribution in [1.29, 1.82) is 0 Å². The fourth-order valence-corrected chi connectivity index (χ4v) is 1.95. The first-order valence-electron chi connectivity index (χ1n) is 6.61. The third-order valence-corrected chi connectivity index (χ3v) is 3.09. The van der Waals surface area contributed by atoms with Gasteiger partial charge in [0.05, 0.1) is 12.6 Å². The van der Waals surface area contributed by atoms with E-state index in [1.807, 2.05) is 49.5 Å². The lowest BCUT2D eigenvalue weighted by molar-refractivity contribution is 0.145. The molecule has 1 unspecified atom stereocenters. The molecule has 20 heavy (non-hydrogen) atoms. The number of aryl methyl sites for hydroxylation is 1. The van der Waals surface area contributed by atoms with E-state index in [2.05, 4.69) is 4.98 Å². The Bertz CT molecular complexity index is 540. The lowest BCUT2D eigenvalue weighted by Gasteiger charge is -2.17. The minimum Gasteiger partial charge on any atom is -0.491 e. The predicted octanol–water partition coefficient (Wildman–Crippen LogP) is 2.46. The third kappa shape index (κ3) is 3.56. The minimum atomic E-state index is -0.248. The molecule has 106 valence electrons. The Morgan fingerprint density at radius 1 is 1.15 bits per heavy atom. The van der Waals surface area contributed by atoms with Gasteiger partial charge in [0.15, 0.2) is 0 Å². The number of pyridine rings is 1. The molecule has 0 saturated carbocycles. The van der Waals surface area contributed by atoms with Gasteiger partial charge in [-0.15, -0.1) is 0 Å². The van der Waals surface area contributed by atoms with Crippen molar-refractivity contribution in [2.45, 2.75) is 13.0 Å². The second kappa shape index (κ2) is 7.03. The first kappa shape index (κ1) is 14.5. The van der Waals surface area contributed by atoms with Crippen LogP contribution in [0.1, 0.15) is 22.9 Å². The van der Waals surface area contributed by atoms with Crippen molar-refractivity contribution >= 4 is 0 Å². The Morgan fingerprint density at radius 2 is 1.95 bits per heavy atom. The molecule has 2 rings (SSSR count). The maximum absolute atomic E-state index is 6.32. The summed E-state index contributed by atoms with van der Waals surface area (Å²) < 4.78 is 10.7. The van der Waals surface area contributed by atoms with E-state index in [1.54, 1.807) is 7.11 Å². The average molecular weight is 272 g/mol. The van der Waals surface area contributed by atoms with E-state index in [4.69, 9.17) is 15.2 Å². The van der Waals surface area contributed by atoms with Crippen LogP contribution < -0.4 is 10.5 Å². The fourth-order valence-electron chi connectivity index (χ4n) is 1.95. The topological polar surface area (TPSA) is 57.4 Å². The van der Waals surface area contributed by atoms with Crippen molar-refractivity contribution in [1.82, 2.24) is 4.98 Å². The van der Waals surface area contributed by atoms with E-state index in [0.29, 0.717) is 13.2 Å². The molecule has 0 aliphatic heterocycles. The highest BCUT2D eigenvalue weighted by atomic mass is 16.5. The monoisotopic (exact) mass is 272 g/mol. The van der Waals surface area contributed by atoms with Gasteiger partial charge in [0.1, 0.15) is 12.4 Å². The Balaban J connectivity index is 2.20. The molecule has 0 aliphatic carbocycles. The molecule has 1 aromatic heterocycles. The van der Waals surface area contributed by atoms with Crippen LogP contribution in [0.5, 0.6) is 5.75 Å². The molecular formula is C16H20N2O2. The number of aromatic nitrogens is 1. The largest absolute Gasteiger partial charge is 0.491 e. The van der Waals surface area contributed by atoms with Crippen LogP contribution in [0.2, 0.25) is 0 Å². The lowest BCUT2D eigenvalue weighted by Crippen LogP contribution is -2.15. The van der Waals surface area contributed by atoms with Gasteiger partial charge in [-0.2, -0.15) is 0 Å². The number of nitrogens with zero attached hydrogens (tertiary/aromatic N) is 1. The van der Waals surface area contributed by atoms with E-state index in [0.717, 1.165) is 22.6 Å². The van der Waals surface area contributed by atoms with Gasteiger partial charge in [-0.3, -0.25) is 4.98 Å². The molecule has 4 heteroatoms. The summed E-state index contributed by atoms with van der Waals surface area (Å²) in [6, 6.07) is 11.5. The Hall–Kier alpha value is -1.91. The van der Waals surface area contributed by atoms with Gasteiger partial charge in [-0.1, -0.05) is 24.3 Å². The molecule has 0 bridgehead atoms. The summed E-state index contributed by atoms with van der Waals surface area (Å²) in [5.74, 6) is 0.789. The zero-order valence-electron chi connectivity index (χ0n) is 11.9. The summed E-state index contributed by atoms with van der Waals surface area (Å²) in [5, 5.41) is 0. The predicted molar refractivity (Wildman–Crippen MR) is 78.8 cm³/mol. The van der Waals surface area contributed by atoms with Gasteiger partial charge in [0.25, 0.3) is 0 Å². The highest BCUT2D eigenvalue weighted by molar-refractivity contribution is 5.40. The molecule has 0 fully saturated rings. The zero-order chi connectivity index (χ0) is 14.4. The lowest BCUT2D eigenvalue weighted by atomic mass is 10.00. The van der Waals surface area contributed by atoms with Crippen molar-refractivity contribution in [2.75, 3.05) is 20.3 Å². The van der Waals surface area contributed by atoms with Gasteiger partial charge >= 0.3 is 0 Å². The zero-order valence-corrected chi connectivity index (χ0v) is 11.9. The quantitative estimate of drug-likeness (QED) is 0.821. The molecule has 0 aliphatic rings. The SMILES string of the molecule is COCCOc1ccccc1C(N)c1ccc(C)nc1. The fraction of sp³-hybridized carbons (Fsp3) is 0.312. The Kier molecular flexibility index (Phi) is 5.09. The van der Waals surface area contributed by atoms with Gasteiger partial charge < -0.3 is 15.2 Å². The maximum atomic E-state index is 6.32. The third-order valence-electron chi connectivity index (χ3n) is 3.09. The van der Waals surface area contributed by atoms with Crippen LogP contribution in [0.25, 0.3) is 0 Å². The van der Waals surface area contributed by atoms with Crippen molar-refractivity contribution in [3.05, 3.63) is 59.4 Å². The summed E-state index contributed by atoms with van der Waals surface area (Å²) in [6.07, 6.45) is 1.81. The minimum absolute atomic E-state index is 0.248. The Morgan fingerprint density at radius 3 is 2.65 bits per heavy atom. The van der Waals surface area contributed by atoms with E-state index in [-0.39, 0.29) is 6.04 Å². The molecule has 2 N–H and O–H groups in total. The molecule has 4 nitrogen and oxygen atoms in total. The van der Waals surface area contributed by atoms with E-state index in [1.165, 1.54) is 0 Å². The molecule has 0 spiro atoms. The number of hydrogen-bond acceptors (Lipinski definition) is 4. The molecule has 0 radical (unpaired) electrons. The molecule has 0 saturated heterocycles. The van der Waals surface area contributed by atoms with Crippen molar-refractivity contribution in [2.24, 2.45) is 5.73 Å². The highest BCUT2D eigenvalue weighted by Gasteiger charge is 2.14. The van der Waals surface area contributed by atoms with Crippen LogP contribution in [0.3, 0.4) is 0 Å². The van der Waals surface area contributed by atoms with Gasteiger partial charge in [0.2, 0.25) is 0 Å². The molecule has 0 amide bonds. The second-order valence-corrected chi connectivity index (χ2v) is 4.59. The van der Waals surface area contributed by atoms with Gasteiger partial charge in [-0.05, 0) is 24.6 Å². The number of ether oxygens (including phenoxy) is 2. The summed E-state index contributed by atoms with van der Waals surface area (Å²) in [7, 11) is 1.65. The van der Waals surface area contributed by atoms with Crippen LogP contribution in [0, 0.1) is 6.92 Å².